The van der Waals surface area contributed by atoms with Crippen LogP contribution in [0.5, 0.6) is 0 Å². The molecule has 2 aromatic heterocycles. The fourth-order valence-corrected chi connectivity index (χ4v) is 3.95. The molecule has 5 rings (SSSR count). The molecule has 184 valence electrons. The monoisotopic (exact) mass is 523 g/mol. The van der Waals surface area contributed by atoms with Crippen LogP contribution in [-0.4, -0.2) is 53.2 Å². The normalized spacial score (nSPS) is 15.1. The largest absolute Gasteiger partial charge is 0.362 e. The minimum Gasteiger partial charge on any atom is -0.362 e. The number of aromatic nitrogens is 4. The van der Waals surface area contributed by atoms with Crippen LogP contribution in [-0.2, 0) is 6.54 Å². The van der Waals surface area contributed by atoms with E-state index >= 15 is 0 Å². The summed E-state index contributed by atoms with van der Waals surface area (Å²) in [7, 11) is 4.01. The van der Waals surface area contributed by atoms with Gasteiger partial charge in [-0.1, -0.05) is 12.1 Å². The molecule has 34 heavy (non-hydrogen) atoms. The van der Waals surface area contributed by atoms with Crippen LogP contribution in [0.2, 0.25) is 0 Å². The molecular formula is C24H32Cl3N7. The maximum Gasteiger partial charge on any atom is 0.155 e. The van der Waals surface area contributed by atoms with Gasteiger partial charge in [-0.3, -0.25) is 0 Å². The second-order valence-electron chi connectivity index (χ2n) is 8.58. The molecule has 7 nitrogen and oxygen atoms in total. The number of fused-ring (bicyclic) bond motifs is 1. The van der Waals surface area contributed by atoms with E-state index in [4.69, 9.17) is 19.9 Å². The summed E-state index contributed by atoms with van der Waals surface area (Å²) < 4.78 is 0. The maximum atomic E-state index is 4.83. The maximum absolute atomic E-state index is 4.83. The summed E-state index contributed by atoms with van der Waals surface area (Å²) in [4.78, 5) is 23.5. The summed E-state index contributed by atoms with van der Waals surface area (Å²) in [5.74, 6) is 3.30. The van der Waals surface area contributed by atoms with Crippen molar-refractivity contribution in [2.45, 2.75) is 38.3 Å². The number of nitrogens with zero attached hydrogens (tertiary/aromatic N) is 6. The first-order valence-electron chi connectivity index (χ1n) is 11.1. The average Bonchev–Trinajstić information content (AvgIpc) is 3.45. The number of hydrogen-bond donors (Lipinski definition) is 1. The highest BCUT2D eigenvalue weighted by atomic mass is 35.5. The van der Waals surface area contributed by atoms with E-state index in [-0.39, 0.29) is 37.2 Å². The van der Waals surface area contributed by atoms with Gasteiger partial charge in [0.25, 0.3) is 0 Å². The molecule has 1 N–H and O–H groups in total. The van der Waals surface area contributed by atoms with Gasteiger partial charge in [0, 0.05) is 51.2 Å². The topological polar surface area (TPSA) is 70.1 Å². The zero-order chi connectivity index (χ0) is 21.2. The zero-order valence-electron chi connectivity index (χ0n) is 19.5. The van der Waals surface area contributed by atoms with Crippen molar-refractivity contribution in [1.29, 1.82) is 0 Å². The molecule has 2 aliphatic rings. The molecule has 0 amide bonds. The van der Waals surface area contributed by atoms with Crippen LogP contribution in [0.1, 0.15) is 43.0 Å². The lowest BCUT2D eigenvalue weighted by Crippen LogP contribution is -2.21. The Kier molecular flexibility index (Phi) is 10.3. The van der Waals surface area contributed by atoms with Crippen LogP contribution < -0.4 is 15.1 Å². The van der Waals surface area contributed by atoms with Gasteiger partial charge in [-0.25, -0.2) is 19.9 Å². The Bertz CT molecular complexity index is 1110. The SMILES string of the molecule is CN(C)c1nc(C=Cc2nc(CNC3CC3)cc(N3CCCC3)n2)nc2ccccc12.Cl.Cl.Cl. The molecule has 1 saturated heterocycles. The van der Waals surface area contributed by atoms with Crippen molar-refractivity contribution in [3.05, 3.63) is 47.7 Å². The highest BCUT2D eigenvalue weighted by molar-refractivity contribution is 5.90. The van der Waals surface area contributed by atoms with Crippen LogP contribution >= 0.6 is 37.2 Å². The van der Waals surface area contributed by atoms with Crippen molar-refractivity contribution in [2.24, 2.45) is 0 Å². The minimum atomic E-state index is 0. The van der Waals surface area contributed by atoms with Crippen molar-refractivity contribution in [1.82, 2.24) is 25.3 Å². The molecule has 1 saturated carbocycles. The van der Waals surface area contributed by atoms with Crippen LogP contribution in [0.3, 0.4) is 0 Å². The number of nitrogens with one attached hydrogen (secondary N) is 1. The first-order chi connectivity index (χ1) is 15.2. The van der Waals surface area contributed by atoms with Crippen molar-refractivity contribution < 1.29 is 0 Å². The van der Waals surface area contributed by atoms with Crippen LogP contribution in [0.25, 0.3) is 23.1 Å². The minimum absolute atomic E-state index is 0. The molecule has 0 radical (unpaired) electrons. The molecule has 0 unspecified atom stereocenters. The van der Waals surface area contributed by atoms with E-state index in [0.717, 1.165) is 47.9 Å². The summed E-state index contributed by atoms with van der Waals surface area (Å²) in [6, 6.07) is 10.9. The smallest absolute Gasteiger partial charge is 0.155 e. The predicted octanol–water partition coefficient (Wildman–Crippen LogP) is 4.77. The summed E-state index contributed by atoms with van der Waals surface area (Å²) >= 11 is 0. The molecule has 1 aromatic carbocycles. The standard InChI is InChI=1S/C24H29N7.3ClH/c1-30(2)24-19-7-3-4-8-20(19)27-22(29-24)12-11-21-26-18(16-25-17-9-10-17)15-23(28-21)31-13-5-6-14-31;;;/h3-4,7-8,11-12,15,17,25H,5-6,9-10,13-14,16H2,1-2H3;3*1H. The van der Waals surface area contributed by atoms with Gasteiger partial charge in [0.15, 0.2) is 11.6 Å². The second kappa shape index (κ2) is 12.5. The number of rotatable bonds is 7. The highest BCUT2D eigenvalue weighted by Gasteiger charge is 2.21. The molecule has 10 heteroatoms. The van der Waals surface area contributed by atoms with Crippen molar-refractivity contribution >= 4 is 71.9 Å². The van der Waals surface area contributed by atoms with Gasteiger partial charge in [-0.15, -0.1) is 37.2 Å². The van der Waals surface area contributed by atoms with E-state index in [1.807, 2.05) is 49.3 Å². The lowest BCUT2D eigenvalue weighted by Gasteiger charge is -2.17. The van der Waals surface area contributed by atoms with Crippen molar-refractivity contribution in [3.8, 4) is 0 Å². The van der Waals surface area contributed by atoms with Crippen LogP contribution in [0, 0.1) is 0 Å². The van der Waals surface area contributed by atoms with Gasteiger partial charge in [0.05, 0.1) is 11.2 Å². The Morgan fingerprint density at radius 2 is 1.62 bits per heavy atom. The fraction of sp³-hybridized carbons (Fsp3) is 0.417. The Labute approximate surface area is 219 Å². The molecule has 0 spiro atoms. The Morgan fingerprint density at radius 3 is 2.29 bits per heavy atom. The lowest BCUT2D eigenvalue weighted by molar-refractivity contribution is 0.671. The van der Waals surface area contributed by atoms with E-state index in [1.54, 1.807) is 0 Å². The summed E-state index contributed by atoms with van der Waals surface area (Å²) in [6.45, 7) is 2.91. The molecular weight excluding hydrogens is 493 g/mol. The number of hydrogen-bond acceptors (Lipinski definition) is 7. The number of halogens is 3. The summed E-state index contributed by atoms with van der Waals surface area (Å²) in [6.07, 6.45) is 8.84. The van der Waals surface area contributed by atoms with E-state index in [1.165, 1.54) is 25.7 Å². The Balaban J connectivity index is 0.00000136. The third-order valence-electron chi connectivity index (χ3n) is 5.77. The number of anilines is 2. The van der Waals surface area contributed by atoms with Gasteiger partial charge < -0.3 is 15.1 Å². The van der Waals surface area contributed by atoms with Crippen molar-refractivity contribution in [2.75, 3.05) is 37.0 Å². The third kappa shape index (κ3) is 6.69. The fourth-order valence-electron chi connectivity index (χ4n) is 3.95. The van der Waals surface area contributed by atoms with Gasteiger partial charge in [-0.05, 0) is 50.0 Å². The van der Waals surface area contributed by atoms with E-state index in [9.17, 15) is 0 Å². The summed E-state index contributed by atoms with van der Waals surface area (Å²) in [5, 5.41) is 4.62. The predicted molar refractivity (Wildman–Crippen MR) is 148 cm³/mol. The Hall–Kier alpha value is -2.19. The molecule has 3 aromatic rings. The zero-order valence-corrected chi connectivity index (χ0v) is 21.9. The first kappa shape index (κ1) is 28.1. The van der Waals surface area contributed by atoms with E-state index in [0.29, 0.717) is 17.7 Å². The number of benzene rings is 1. The summed E-state index contributed by atoms with van der Waals surface area (Å²) in [5.41, 5.74) is 1.97. The van der Waals surface area contributed by atoms with Gasteiger partial charge in [-0.2, -0.15) is 0 Å². The molecule has 1 aliphatic carbocycles. The molecule has 1 aliphatic heterocycles. The second-order valence-corrected chi connectivity index (χ2v) is 8.58. The first-order valence-corrected chi connectivity index (χ1v) is 11.1. The van der Waals surface area contributed by atoms with E-state index < -0.39 is 0 Å². The molecule has 2 fully saturated rings. The van der Waals surface area contributed by atoms with Crippen molar-refractivity contribution in [3.63, 3.8) is 0 Å². The molecule has 0 atom stereocenters. The van der Waals surface area contributed by atoms with Gasteiger partial charge in [0.1, 0.15) is 11.6 Å². The van der Waals surface area contributed by atoms with Gasteiger partial charge >= 0.3 is 0 Å². The van der Waals surface area contributed by atoms with E-state index in [2.05, 4.69) is 22.3 Å². The Morgan fingerprint density at radius 1 is 0.941 bits per heavy atom. The van der Waals surface area contributed by atoms with Crippen LogP contribution in [0.4, 0.5) is 11.6 Å². The molecule has 0 bridgehead atoms. The highest BCUT2D eigenvalue weighted by Crippen LogP contribution is 2.24. The molecule has 3 heterocycles. The lowest BCUT2D eigenvalue weighted by atomic mass is 10.2. The number of para-hydroxylation sites is 1. The third-order valence-corrected chi connectivity index (χ3v) is 5.77. The van der Waals surface area contributed by atoms with Crippen LogP contribution in [0.15, 0.2) is 30.3 Å². The quantitative estimate of drug-likeness (QED) is 0.477. The van der Waals surface area contributed by atoms with Gasteiger partial charge in [0.2, 0.25) is 0 Å². The average molecular weight is 525 g/mol.